The zero-order chi connectivity index (χ0) is 17.3. The van der Waals surface area contributed by atoms with Gasteiger partial charge >= 0.3 is 12.0 Å². The number of rotatable bonds is 4. The highest BCUT2D eigenvalue weighted by atomic mass is 19.1. The number of carbonyl (C=O) groups is 2. The first kappa shape index (κ1) is 16.7. The quantitative estimate of drug-likeness (QED) is 0.886. The third-order valence-electron chi connectivity index (χ3n) is 5.07. The first-order valence-electron chi connectivity index (χ1n) is 8.12. The van der Waals surface area contributed by atoms with Crippen molar-refractivity contribution in [2.24, 2.45) is 5.92 Å². The van der Waals surface area contributed by atoms with Crippen molar-refractivity contribution in [1.29, 1.82) is 0 Å². The van der Waals surface area contributed by atoms with Crippen molar-refractivity contribution in [3.05, 3.63) is 35.4 Å². The molecule has 2 amide bonds. The maximum atomic E-state index is 14.0. The monoisotopic (exact) mass is 338 g/mol. The van der Waals surface area contributed by atoms with Crippen LogP contribution in [-0.2, 0) is 10.2 Å². The maximum Gasteiger partial charge on any atom is 0.317 e. The zero-order valence-electron chi connectivity index (χ0n) is 13.2. The van der Waals surface area contributed by atoms with E-state index < -0.39 is 28.9 Å². The summed E-state index contributed by atoms with van der Waals surface area (Å²) in [6.07, 6.45) is 2.38. The number of nitrogens with zero attached hydrogens (tertiary/aromatic N) is 1. The van der Waals surface area contributed by atoms with E-state index in [9.17, 15) is 18.4 Å². The van der Waals surface area contributed by atoms with E-state index in [1.807, 2.05) is 0 Å². The zero-order valence-corrected chi connectivity index (χ0v) is 13.2. The van der Waals surface area contributed by atoms with Gasteiger partial charge in [-0.2, -0.15) is 0 Å². The Kier molecular flexibility index (Phi) is 4.43. The van der Waals surface area contributed by atoms with Gasteiger partial charge in [-0.05, 0) is 37.3 Å². The molecule has 1 heterocycles. The molecular weight excluding hydrogens is 318 g/mol. The normalized spacial score (nSPS) is 19.8. The summed E-state index contributed by atoms with van der Waals surface area (Å²) in [6, 6.07) is 3.29. The molecule has 130 valence electrons. The molecule has 7 heteroatoms. The van der Waals surface area contributed by atoms with Gasteiger partial charge in [0.15, 0.2) is 0 Å². The second-order valence-corrected chi connectivity index (χ2v) is 6.66. The molecule has 3 rings (SSSR count). The van der Waals surface area contributed by atoms with Crippen LogP contribution in [-0.4, -0.2) is 41.6 Å². The Hall–Kier alpha value is -2.18. The molecule has 2 aliphatic rings. The molecule has 1 aliphatic heterocycles. The Labute approximate surface area is 138 Å². The molecule has 0 unspecified atom stereocenters. The molecule has 5 nitrogen and oxygen atoms in total. The second kappa shape index (κ2) is 6.37. The van der Waals surface area contributed by atoms with Crippen LogP contribution in [0.25, 0.3) is 0 Å². The van der Waals surface area contributed by atoms with Gasteiger partial charge in [-0.3, -0.25) is 4.79 Å². The lowest BCUT2D eigenvalue weighted by molar-refractivity contribution is -0.143. The van der Waals surface area contributed by atoms with Crippen LogP contribution in [0.4, 0.5) is 13.6 Å². The number of halogens is 2. The van der Waals surface area contributed by atoms with Crippen molar-refractivity contribution in [3.63, 3.8) is 0 Å². The van der Waals surface area contributed by atoms with E-state index in [1.54, 1.807) is 4.90 Å². The lowest BCUT2D eigenvalue weighted by Crippen LogP contribution is -2.47. The molecule has 1 aromatic rings. The highest BCUT2D eigenvalue weighted by Gasteiger charge is 2.46. The van der Waals surface area contributed by atoms with Crippen molar-refractivity contribution < 1.29 is 23.5 Å². The summed E-state index contributed by atoms with van der Waals surface area (Å²) >= 11 is 0. The predicted molar refractivity (Wildman–Crippen MR) is 82.6 cm³/mol. The molecule has 1 saturated heterocycles. The lowest BCUT2D eigenvalue weighted by atomic mass is 9.95. The van der Waals surface area contributed by atoms with Crippen LogP contribution < -0.4 is 5.32 Å². The van der Waals surface area contributed by atoms with Crippen LogP contribution in [0, 0.1) is 17.6 Å². The van der Waals surface area contributed by atoms with Crippen LogP contribution in [0.5, 0.6) is 0 Å². The number of piperidine rings is 1. The summed E-state index contributed by atoms with van der Waals surface area (Å²) in [4.78, 5) is 24.8. The minimum Gasteiger partial charge on any atom is -0.481 e. The molecule has 1 aliphatic carbocycles. The van der Waals surface area contributed by atoms with Gasteiger partial charge in [0.05, 0.1) is 5.92 Å². The summed E-state index contributed by atoms with van der Waals surface area (Å²) in [7, 11) is 0. The predicted octanol–water partition coefficient (Wildman–Crippen LogP) is 2.50. The number of carboxylic acid groups (broad SMARTS) is 1. The number of hydrogen-bond acceptors (Lipinski definition) is 2. The molecule has 2 fully saturated rings. The number of hydrogen-bond donors (Lipinski definition) is 2. The third kappa shape index (κ3) is 3.34. The fourth-order valence-corrected chi connectivity index (χ4v) is 3.30. The average Bonchev–Trinajstić information content (AvgIpc) is 3.33. The van der Waals surface area contributed by atoms with Crippen LogP contribution in [0.3, 0.4) is 0 Å². The first-order valence-corrected chi connectivity index (χ1v) is 8.12. The number of carbonyl (C=O) groups excluding carboxylic acids is 1. The molecule has 0 radical (unpaired) electrons. The molecule has 0 atom stereocenters. The summed E-state index contributed by atoms with van der Waals surface area (Å²) in [6.45, 7) is 1.11. The average molecular weight is 338 g/mol. The van der Waals surface area contributed by atoms with Crippen LogP contribution >= 0.6 is 0 Å². The number of urea groups is 1. The number of amides is 2. The minimum absolute atomic E-state index is 0.257. The molecule has 0 bridgehead atoms. The van der Waals surface area contributed by atoms with Crippen molar-refractivity contribution in [3.8, 4) is 0 Å². The van der Waals surface area contributed by atoms with E-state index in [1.165, 1.54) is 12.1 Å². The summed E-state index contributed by atoms with van der Waals surface area (Å²) in [5.41, 5.74) is -0.0129. The Balaban J connectivity index is 1.56. The van der Waals surface area contributed by atoms with Gasteiger partial charge in [0.2, 0.25) is 0 Å². The van der Waals surface area contributed by atoms with Gasteiger partial charge in [-0.1, -0.05) is 6.07 Å². The molecule has 1 aromatic carbocycles. The van der Waals surface area contributed by atoms with Crippen LogP contribution in [0.15, 0.2) is 18.2 Å². The fraction of sp³-hybridized carbons (Fsp3) is 0.529. The van der Waals surface area contributed by atoms with E-state index in [-0.39, 0.29) is 6.03 Å². The first-order chi connectivity index (χ1) is 11.4. The largest absolute Gasteiger partial charge is 0.481 e. The van der Waals surface area contributed by atoms with Crippen molar-refractivity contribution >= 4 is 12.0 Å². The molecule has 1 saturated carbocycles. The SMILES string of the molecule is O=C(O)C1CCN(C(=O)NCC2(c3ccc(F)cc3F)CC2)CC1. The van der Waals surface area contributed by atoms with Gasteiger partial charge in [-0.15, -0.1) is 0 Å². The summed E-state index contributed by atoms with van der Waals surface area (Å²) in [5.74, 6) is -2.41. The van der Waals surface area contributed by atoms with Gasteiger partial charge < -0.3 is 15.3 Å². The number of carboxylic acids is 1. The number of nitrogens with one attached hydrogen (secondary N) is 1. The minimum atomic E-state index is -0.821. The van der Waals surface area contributed by atoms with Gasteiger partial charge in [0, 0.05) is 31.1 Å². The van der Waals surface area contributed by atoms with Gasteiger partial charge in [0.25, 0.3) is 0 Å². The van der Waals surface area contributed by atoms with Crippen LogP contribution in [0.1, 0.15) is 31.2 Å². The van der Waals surface area contributed by atoms with Crippen LogP contribution in [0.2, 0.25) is 0 Å². The molecule has 0 spiro atoms. The smallest absolute Gasteiger partial charge is 0.317 e. The van der Waals surface area contributed by atoms with Crippen molar-refractivity contribution in [2.75, 3.05) is 19.6 Å². The number of likely N-dealkylation sites (tertiary alicyclic amines) is 1. The Morgan fingerprint density at radius 3 is 2.46 bits per heavy atom. The lowest BCUT2D eigenvalue weighted by Gasteiger charge is -2.30. The Morgan fingerprint density at radius 2 is 1.92 bits per heavy atom. The molecule has 0 aromatic heterocycles. The van der Waals surface area contributed by atoms with Gasteiger partial charge in [-0.25, -0.2) is 13.6 Å². The van der Waals surface area contributed by atoms with E-state index >= 15 is 0 Å². The summed E-state index contributed by atoms with van der Waals surface area (Å²) in [5, 5.41) is 11.8. The molecular formula is C17H20F2N2O3. The van der Waals surface area contributed by atoms with E-state index in [2.05, 4.69) is 5.32 Å². The molecule has 24 heavy (non-hydrogen) atoms. The third-order valence-corrected chi connectivity index (χ3v) is 5.07. The van der Waals surface area contributed by atoms with E-state index in [0.717, 1.165) is 18.9 Å². The van der Waals surface area contributed by atoms with Crippen molar-refractivity contribution in [1.82, 2.24) is 10.2 Å². The Bertz CT molecular complexity index is 653. The second-order valence-electron chi connectivity index (χ2n) is 6.66. The van der Waals surface area contributed by atoms with Crippen molar-refractivity contribution in [2.45, 2.75) is 31.1 Å². The highest BCUT2D eigenvalue weighted by molar-refractivity contribution is 5.75. The Morgan fingerprint density at radius 1 is 1.25 bits per heavy atom. The fourth-order valence-electron chi connectivity index (χ4n) is 3.30. The standard InChI is InChI=1S/C17H20F2N2O3/c18-12-1-2-13(14(19)9-12)17(5-6-17)10-20-16(24)21-7-3-11(4-8-21)15(22)23/h1-2,9,11H,3-8,10H2,(H,20,24)(H,22,23). The van der Waals surface area contributed by atoms with E-state index in [0.29, 0.717) is 38.0 Å². The van der Waals surface area contributed by atoms with E-state index in [4.69, 9.17) is 5.11 Å². The number of benzene rings is 1. The highest BCUT2D eigenvalue weighted by Crippen LogP contribution is 2.48. The van der Waals surface area contributed by atoms with Gasteiger partial charge in [0.1, 0.15) is 11.6 Å². The maximum absolute atomic E-state index is 14.0. The topological polar surface area (TPSA) is 69.6 Å². The summed E-state index contributed by atoms with van der Waals surface area (Å²) < 4.78 is 27.0. The number of aliphatic carboxylic acids is 1. The molecule has 2 N–H and O–H groups in total.